The number of likely N-dealkylation sites (tertiary alicyclic amines) is 1. The normalized spacial score (nSPS) is 20.2. The fourth-order valence-corrected chi connectivity index (χ4v) is 3.89. The van der Waals surface area contributed by atoms with Crippen LogP contribution in [0.2, 0.25) is 0 Å². The van der Waals surface area contributed by atoms with Crippen molar-refractivity contribution in [2.24, 2.45) is 0 Å². The van der Waals surface area contributed by atoms with Crippen LogP contribution in [0.1, 0.15) is 42.9 Å². The van der Waals surface area contributed by atoms with Crippen LogP contribution in [0.5, 0.6) is 0 Å². The standard InChI is InChI=1S/C22H23N7/c1-21(2,19-5-3-4-13-24-19)29-14-12-22(16-29,20-25-27-28-26-20)11-10-17-6-8-18(15-23)9-7-17/h3-11,13H,12,14,16H2,1-2H3,(H,25,26,27,28)/b11-10+/t22-/m1/s1. The van der Waals surface area contributed by atoms with Crippen molar-refractivity contribution < 1.29 is 0 Å². The van der Waals surface area contributed by atoms with Crippen molar-refractivity contribution in [2.45, 2.75) is 31.2 Å². The Labute approximate surface area is 170 Å². The highest BCUT2D eigenvalue weighted by molar-refractivity contribution is 5.53. The van der Waals surface area contributed by atoms with Crippen molar-refractivity contribution in [2.75, 3.05) is 13.1 Å². The molecule has 1 atom stereocenters. The monoisotopic (exact) mass is 385 g/mol. The smallest absolute Gasteiger partial charge is 0.185 e. The highest BCUT2D eigenvalue weighted by Gasteiger charge is 2.46. The third-order valence-electron chi connectivity index (χ3n) is 5.81. The molecule has 29 heavy (non-hydrogen) atoms. The minimum absolute atomic E-state index is 0.213. The summed E-state index contributed by atoms with van der Waals surface area (Å²) in [5.41, 5.74) is 2.18. The number of nitriles is 1. The fourth-order valence-electron chi connectivity index (χ4n) is 3.89. The molecule has 3 aromatic rings. The molecule has 1 fully saturated rings. The molecule has 3 heterocycles. The molecule has 7 heteroatoms. The molecule has 4 rings (SSSR count). The lowest BCUT2D eigenvalue weighted by molar-refractivity contribution is 0.143. The number of aromatic nitrogens is 5. The molecule has 1 saturated heterocycles. The maximum Gasteiger partial charge on any atom is 0.185 e. The highest BCUT2D eigenvalue weighted by Crippen LogP contribution is 2.40. The van der Waals surface area contributed by atoms with E-state index in [0.717, 1.165) is 30.8 Å². The van der Waals surface area contributed by atoms with Crippen molar-refractivity contribution in [3.05, 3.63) is 77.4 Å². The topological polar surface area (TPSA) is 94.4 Å². The quantitative estimate of drug-likeness (QED) is 0.725. The van der Waals surface area contributed by atoms with Gasteiger partial charge in [-0.2, -0.15) is 10.5 Å². The molecule has 0 spiro atoms. The number of hydrogen-bond donors (Lipinski definition) is 1. The maximum absolute atomic E-state index is 8.99. The second kappa shape index (κ2) is 7.57. The van der Waals surface area contributed by atoms with Gasteiger partial charge < -0.3 is 0 Å². The predicted octanol–water partition coefficient (Wildman–Crippen LogP) is 3.06. The Kier molecular flexibility index (Phi) is 4.95. The Balaban J connectivity index is 1.64. The van der Waals surface area contributed by atoms with E-state index in [1.807, 2.05) is 42.6 Å². The van der Waals surface area contributed by atoms with Gasteiger partial charge in [-0.05, 0) is 50.1 Å². The fraction of sp³-hybridized carbons (Fsp3) is 0.318. The second-order valence-electron chi connectivity index (χ2n) is 7.90. The molecule has 1 aliphatic rings. The minimum atomic E-state index is -0.340. The van der Waals surface area contributed by atoms with Gasteiger partial charge in [-0.1, -0.05) is 35.6 Å². The van der Waals surface area contributed by atoms with Crippen LogP contribution in [0.3, 0.4) is 0 Å². The van der Waals surface area contributed by atoms with E-state index in [0.29, 0.717) is 11.4 Å². The molecular weight excluding hydrogens is 362 g/mol. The number of nitrogens with zero attached hydrogens (tertiary/aromatic N) is 6. The average Bonchev–Trinajstić information content (AvgIpc) is 3.44. The summed E-state index contributed by atoms with van der Waals surface area (Å²) in [5.74, 6) is 0.696. The van der Waals surface area contributed by atoms with Gasteiger partial charge in [0.1, 0.15) is 0 Å². The molecule has 0 bridgehead atoms. The number of hydrogen-bond acceptors (Lipinski definition) is 6. The molecule has 146 valence electrons. The predicted molar refractivity (Wildman–Crippen MR) is 109 cm³/mol. The molecule has 0 aliphatic carbocycles. The van der Waals surface area contributed by atoms with Gasteiger partial charge in [0, 0.05) is 19.3 Å². The van der Waals surface area contributed by atoms with Gasteiger partial charge in [0.05, 0.1) is 28.3 Å². The van der Waals surface area contributed by atoms with Crippen molar-refractivity contribution in [3.8, 4) is 6.07 Å². The molecule has 0 saturated carbocycles. The lowest BCUT2D eigenvalue weighted by atomic mass is 9.85. The molecule has 1 N–H and O–H groups in total. The number of aromatic amines is 1. The summed E-state index contributed by atoms with van der Waals surface area (Å²) in [7, 11) is 0. The van der Waals surface area contributed by atoms with Crippen LogP contribution in [0.4, 0.5) is 0 Å². The summed E-state index contributed by atoms with van der Waals surface area (Å²) < 4.78 is 0. The third-order valence-corrected chi connectivity index (χ3v) is 5.81. The second-order valence-corrected chi connectivity index (χ2v) is 7.90. The van der Waals surface area contributed by atoms with E-state index < -0.39 is 0 Å². The van der Waals surface area contributed by atoms with E-state index in [1.165, 1.54) is 0 Å². The van der Waals surface area contributed by atoms with E-state index in [2.05, 4.69) is 68.6 Å². The van der Waals surface area contributed by atoms with Crippen molar-refractivity contribution in [1.82, 2.24) is 30.5 Å². The van der Waals surface area contributed by atoms with E-state index in [1.54, 1.807) is 0 Å². The van der Waals surface area contributed by atoms with Crippen LogP contribution >= 0.6 is 0 Å². The zero-order chi connectivity index (χ0) is 20.3. The first kappa shape index (κ1) is 19.0. The van der Waals surface area contributed by atoms with E-state index in [9.17, 15) is 0 Å². The molecule has 0 amide bonds. The first-order chi connectivity index (χ1) is 14.0. The summed E-state index contributed by atoms with van der Waals surface area (Å²) in [4.78, 5) is 7.01. The van der Waals surface area contributed by atoms with Gasteiger partial charge >= 0.3 is 0 Å². The summed E-state index contributed by atoms with van der Waals surface area (Å²) in [5, 5.41) is 24.0. The zero-order valence-corrected chi connectivity index (χ0v) is 16.6. The Bertz CT molecular complexity index is 1020. The van der Waals surface area contributed by atoms with Gasteiger partial charge in [-0.3, -0.25) is 9.88 Å². The van der Waals surface area contributed by atoms with E-state index in [4.69, 9.17) is 5.26 Å². The Morgan fingerprint density at radius 2 is 2.03 bits per heavy atom. The molecule has 1 aliphatic heterocycles. The van der Waals surface area contributed by atoms with E-state index >= 15 is 0 Å². The van der Waals surface area contributed by atoms with Crippen LogP contribution in [0, 0.1) is 11.3 Å². The highest BCUT2D eigenvalue weighted by atomic mass is 15.5. The van der Waals surface area contributed by atoms with Gasteiger partial charge in [0.25, 0.3) is 0 Å². The number of tetrazole rings is 1. The molecule has 0 unspecified atom stereocenters. The van der Waals surface area contributed by atoms with Gasteiger partial charge in [-0.15, -0.1) is 10.2 Å². The maximum atomic E-state index is 8.99. The molecular formula is C22H23N7. The number of pyridine rings is 1. The lowest BCUT2D eigenvalue weighted by Crippen LogP contribution is -2.42. The molecule has 2 aromatic heterocycles. The summed E-state index contributed by atoms with van der Waals surface area (Å²) in [6, 6.07) is 15.7. The van der Waals surface area contributed by atoms with Crippen molar-refractivity contribution in [3.63, 3.8) is 0 Å². The number of nitrogens with one attached hydrogen (secondary N) is 1. The Hall–Kier alpha value is -3.37. The Morgan fingerprint density at radius 3 is 2.69 bits per heavy atom. The minimum Gasteiger partial charge on any atom is -0.291 e. The molecule has 0 radical (unpaired) electrons. The van der Waals surface area contributed by atoms with Gasteiger partial charge in [0.2, 0.25) is 0 Å². The largest absolute Gasteiger partial charge is 0.291 e. The van der Waals surface area contributed by atoms with Crippen LogP contribution < -0.4 is 0 Å². The van der Waals surface area contributed by atoms with Gasteiger partial charge in [-0.25, -0.2) is 0 Å². The Morgan fingerprint density at radius 1 is 1.21 bits per heavy atom. The number of benzene rings is 1. The zero-order valence-electron chi connectivity index (χ0n) is 16.6. The van der Waals surface area contributed by atoms with Crippen molar-refractivity contribution in [1.29, 1.82) is 5.26 Å². The first-order valence-electron chi connectivity index (χ1n) is 9.63. The molecule has 1 aromatic carbocycles. The third kappa shape index (κ3) is 3.67. The van der Waals surface area contributed by atoms with Gasteiger partial charge in [0.15, 0.2) is 5.82 Å². The molecule has 7 nitrogen and oxygen atoms in total. The SMILES string of the molecule is CC(C)(c1ccccn1)N1CC[C@@](/C=C/c2ccc(C#N)cc2)(c2nn[nH]n2)C1. The average molecular weight is 385 g/mol. The van der Waals surface area contributed by atoms with Crippen LogP contribution in [-0.4, -0.2) is 43.6 Å². The first-order valence-corrected chi connectivity index (χ1v) is 9.63. The van der Waals surface area contributed by atoms with Crippen LogP contribution in [-0.2, 0) is 11.0 Å². The van der Waals surface area contributed by atoms with E-state index in [-0.39, 0.29) is 11.0 Å². The number of H-pyrrole nitrogens is 1. The van der Waals surface area contributed by atoms with Crippen LogP contribution in [0.25, 0.3) is 6.08 Å². The lowest BCUT2D eigenvalue weighted by Gasteiger charge is -2.36. The van der Waals surface area contributed by atoms with Crippen LogP contribution in [0.15, 0.2) is 54.7 Å². The number of rotatable bonds is 5. The summed E-state index contributed by atoms with van der Waals surface area (Å²) in [6.45, 7) is 6.07. The summed E-state index contributed by atoms with van der Waals surface area (Å²) in [6.07, 6.45) is 6.97. The summed E-state index contributed by atoms with van der Waals surface area (Å²) >= 11 is 0. The van der Waals surface area contributed by atoms with Crippen molar-refractivity contribution >= 4 is 6.08 Å².